The highest BCUT2D eigenvalue weighted by atomic mass is 16.6. The Kier molecular flexibility index (Phi) is 3.04. The first-order chi connectivity index (χ1) is 8.24. The molecule has 0 aliphatic rings. The molecule has 0 atom stereocenters. The Morgan fingerprint density at radius 2 is 2.18 bits per heavy atom. The molecular weight excluding hydrogens is 224 g/mol. The summed E-state index contributed by atoms with van der Waals surface area (Å²) in [5, 5.41) is 11.6. The molecule has 88 valence electrons. The number of hydrogen-bond donors (Lipinski definition) is 1. The van der Waals surface area contributed by atoms with Crippen molar-refractivity contribution in [3.05, 3.63) is 40.1 Å². The van der Waals surface area contributed by atoms with E-state index in [-0.39, 0.29) is 12.3 Å². The van der Waals surface area contributed by atoms with Crippen LogP contribution in [-0.4, -0.2) is 23.0 Å². The second-order valence-corrected chi connectivity index (χ2v) is 3.47. The third-order valence-corrected chi connectivity index (χ3v) is 2.47. The van der Waals surface area contributed by atoms with Gasteiger partial charge in [-0.2, -0.15) is 0 Å². The molecule has 1 heterocycles. The third-order valence-electron chi connectivity index (χ3n) is 2.47. The molecule has 0 radical (unpaired) electrons. The van der Waals surface area contributed by atoms with Gasteiger partial charge in [0, 0.05) is 6.42 Å². The van der Waals surface area contributed by atoms with E-state index in [0.29, 0.717) is 29.5 Å². The van der Waals surface area contributed by atoms with Gasteiger partial charge in [0.2, 0.25) is 0 Å². The fourth-order valence-corrected chi connectivity index (χ4v) is 1.78. The lowest BCUT2D eigenvalue weighted by molar-refractivity contribution is -0.383. The Morgan fingerprint density at radius 1 is 1.41 bits per heavy atom. The van der Waals surface area contributed by atoms with Crippen LogP contribution >= 0.6 is 0 Å². The number of H-pyrrole nitrogens is 1. The van der Waals surface area contributed by atoms with Gasteiger partial charge in [-0.3, -0.25) is 14.9 Å². The minimum Gasteiger partial charge on any atom is -0.467 e. The van der Waals surface area contributed by atoms with Gasteiger partial charge >= 0.3 is 0 Å². The molecule has 0 saturated carbocycles. The van der Waals surface area contributed by atoms with Gasteiger partial charge in [-0.1, -0.05) is 12.1 Å². The molecule has 17 heavy (non-hydrogen) atoms. The molecule has 1 N–H and O–H groups in total. The first-order valence-corrected chi connectivity index (χ1v) is 5.03. The van der Waals surface area contributed by atoms with Gasteiger partial charge in [-0.05, 0) is 12.1 Å². The first-order valence-electron chi connectivity index (χ1n) is 5.03. The lowest BCUT2D eigenvalue weighted by Gasteiger charge is -1.96. The van der Waals surface area contributed by atoms with Crippen LogP contribution in [0.4, 0.5) is 5.69 Å². The predicted octanol–water partition coefficient (Wildman–Crippen LogP) is 1.79. The monoisotopic (exact) mass is 234 g/mol. The van der Waals surface area contributed by atoms with Crippen LogP contribution in [0.25, 0.3) is 10.9 Å². The van der Waals surface area contributed by atoms with E-state index in [1.165, 1.54) is 0 Å². The Labute approximate surface area is 96.3 Å². The lowest BCUT2D eigenvalue weighted by Crippen LogP contribution is -2.00. The number of carbonyl (C=O) groups excluding carboxylic acids is 1. The average molecular weight is 234 g/mol. The van der Waals surface area contributed by atoms with Crippen LogP contribution in [0.1, 0.15) is 5.69 Å². The van der Waals surface area contributed by atoms with Gasteiger partial charge < -0.3 is 9.72 Å². The number of nitro groups is 1. The fraction of sp³-hybridized carbons (Fsp3) is 0.182. The Bertz CT molecular complexity index is 562. The Morgan fingerprint density at radius 3 is 2.88 bits per heavy atom. The number of aromatic amines is 1. The highest BCUT2D eigenvalue weighted by Gasteiger charge is 2.20. The molecule has 0 spiro atoms. The molecule has 0 amide bonds. The van der Waals surface area contributed by atoms with Gasteiger partial charge in [0.25, 0.3) is 12.2 Å². The van der Waals surface area contributed by atoms with Gasteiger partial charge in [0.1, 0.15) is 0 Å². The molecule has 2 aromatic rings. The summed E-state index contributed by atoms with van der Waals surface area (Å²) in [6.07, 6.45) is 0.295. The number of aromatic nitrogens is 1. The van der Waals surface area contributed by atoms with E-state index in [1.54, 1.807) is 24.3 Å². The molecule has 0 bridgehead atoms. The van der Waals surface area contributed by atoms with Crippen molar-refractivity contribution in [3.8, 4) is 0 Å². The minimum atomic E-state index is -0.422. The van der Waals surface area contributed by atoms with Gasteiger partial charge in [-0.15, -0.1) is 0 Å². The van der Waals surface area contributed by atoms with E-state index in [9.17, 15) is 14.9 Å². The standard InChI is InChI=1S/C11H10N2O4/c14-7-17-6-5-10-11(13(15)16)8-3-1-2-4-9(8)12-10/h1-4,7,12H,5-6H2. The molecule has 1 aromatic heterocycles. The molecule has 2 rings (SSSR count). The normalized spacial score (nSPS) is 10.4. The summed E-state index contributed by atoms with van der Waals surface area (Å²) in [6.45, 7) is 0.450. The summed E-state index contributed by atoms with van der Waals surface area (Å²) in [7, 11) is 0. The summed E-state index contributed by atoms with van der Waals surface area (Å²) < 4.78 is 4.55. The van der Waals surface area contributed by atoms with Crippen molar-refractivity contribution in [3.63, 3.8) is 0 Å². The number of fused-ring (bicyclic) bond motifs is 1. The van der Waals surface area contributed by atoms with Crippen LogP contribution in [-0.2, 0) is 16.0 Å². The lowest BCUT2D eigenvalue weighted by atomic mass is 10.2. The number of hydrogen-bond acceptors (Lipinski definition) is 4. The predicted molar refractivity (Wildman–Crippen MR) is 60.7 cm³/mol. The van der Waals surface area contributed by atoms with Crippen molar-refractivity contribution in [2.45, 2.75) is 6.42 Å². The Hall–Kier alpha value is -2.37. The number of rotatable bonds is 5. The zero-order valence-electron chi connectivity index (χ0n) is 8.88. The van der Waals surface area contributed by atoms with E-state index in [2.05, 4.69) is 9.72 Å². The van der Waals surface area contributed by atoms with Crippen LogP contribution in [0.2, 0.25) is 0 Å². The van der Waals surface area contributed by atoms with Crippen molar-refractivity contribution in [1.29, 1.82) is 0 Å². The molecule has 0 aliphatic carbocycles. The van der Waals surface area contributed by atoms with E-state index in [4.69, 9.17) is 0 Å². The van der Waals surface area contributed by atoms with Crippen molar-refractivity contribution in [1.82, 2.24) is 4.98 Å². The molecule has 6 heteroatoms. The molecule has 0 saturated heterocycles. The van der Waals surface area contributed by atoms with Crippen molar-refractivity contribution in [2.75, 3.05) is 6.61 Å². The third kappa shape index (κ3) is 2.10. The van der Waals surface area contributed by atoms with E-state index < -0.39 is 4.92 Å². The molecule has 1 aromatic carbocycles. The average Bonchev–Trinajstić information content (AvgIpc) is 2.67. The maximum absolute atomic E-state index is 11.0. The topological polar surface area (TPSA) is 85.2 Å². The second kappa shape index (κ2) is 4.65. The zero-order valence-corrected chi connectivity index (χ0v) is 8.88. The smallest absolute Gasteiger partial charge is 0.297 e. The summed E-state index contributed by atoms with van der Waals surface area (Å²) in [5.41, 5.74) is 1.23. The van der Waals surface area contributed by atoms with Crippen molar-refractivity contribution >= 4 is 23.1 Å². The number of nitrogens with zero attached hydrogens (tertiary/aromatic N) is 1. The molecule has 6 nitrogen and oxygen atoms in total. The van der Waals surface area contributed by atoms with Gasteiger partial charge in [0.15, 0.2) is 0 Å². The van der Waals surface area contributed by atoms with Crippen LogP contribution in [0.5, 0.6) is 0 Å². The maximum Gasteiger partial charge on any atom is 0.297 e. The number of nitrogens with one attached hydrogen (secondary N) is 1. The number of carbonyl (C=O) groups is 1. The summed E-state index contributed by atoms with van der Waals surface area (Å²) in [4.78, 5) is 23.6. The number of para-hydroxylation sites is 1. The fourth-order valence-electron chi connectivity index (χ4n) is 1.78. The Balaban J connectivity index is 2.42. The van der Waals surface area contributed by atoms with E-state index in [1.807, 2.05) is 0 Å². The van der Waals surface area contributed by atoms with Crippen LogP contribution in [0.15, 0.2) is 24.3 Å². The minimum absolute atomic E-state index is 0.0510. The molecule has 0 fully saturated rings. The highest BCUT2D eigenvalue weighted by Crippen LogP contribution is 2.29. The maximum atomic E-state index is 11.0. The van der Waals surface area contributed by atoms with Crippen LogP contribution in [0, 0.1) is 10.1 Å². The van der Waals surface area contributed by atoms with Crippen molar-refractivity contribution < 1.29 is 14.5 Å². The van der Waals surface area contributed by atoms with Crippen LogP contribution < -0.4 is 0 Å². The molecule has 0 unspecified atom stereocenters. The zero-order chi connectivity index (χ0) is 12.3. The summed E-state index contributed by atoms with van der Waals surface area (Å²) in [5.74, 6) is 0. The quantitative estimate of drug-likeness (QED) is 0.370. The number of ether oxygens (including phenoxy) is 1. The van der Waals surface area contributed by atoms with Crippen molar-refractivity contribution in [2.24, 2.45) is 0 Å². The van der Waals surface area contributed by atoms with Gasteiger partial charge in [-0.25, -0.2) is 0 Å². The molecular formula is C11H10N2O4. The largest absolute Gasteiger partial charge is 0.467 e. The first kappa shape index (κ1) is 11.1. The van der Waals surface area contributed by atoms with Gasteiger partial charge in [0.05, 0.1) is 28.1 Å². The molecule has 0 aliphatic heterocycles. The second-order valence-electron chi connectivity index (χ2n) is 3.47. The SMILES string of the molecule is O=COCCc1[nH]c2ccccc2c1[N+](=O)[O-]. The summed E-state index contributed by atoms with van der Waals surface area (Å²) >= 11 is 0. The van der Waals surface area contributed by atoms with E-state index >= 15 is 0 Å². The van der Waals surface area contributed by atoms with E-state index in [0.717, 1.165) is 0 Å². The summed E-state index contributed by atoms with van der Waals surface area (Å²) in [6, 6.07) is 7.00. The number of benzene rings is 1. The highest BCUT2D eigenvalue weighted by molar-refractivity contribution is 5.90. The van der Waals surface area contributed by atoms with Crippen LogP contribution in [0.3, 0.4) is 0 Å².